The molecule has 1 spiro atoms. The van der Waals surface area contributed by atoms with Crippen LogP contribution in [-0.4, -0.2) is 32.3 Å². The molecule has 7 nitrogen and oxygen atoms in total. The molecule has 1 saturated carbocycles. The van der Waals surface area contributed by atoms with Gasteiger partial charge < -0.3 is 14.8 Å². The summed E-state index contributed by atoms with van der Waals surface area (Å²) in [5, 5.41) is 4.07. The predicted molar refractivity (Wildman–Crippen MR) is 138 cm³/mol. The lowest BCUT2D eigenvalue weighted by Gasteiger charge is -2.48. The molecule has 2 aliphatic rings. The number of amides is 1. The zero-order valence-corrected chi connectivity index (χ0v) is 22.5. The quantitative estimate of drug-likeness (QED) is 0.461. The van der Waals surface area contributed by atoms with Gasteiger partial charge in [-0.3, -0.25) is 9.52 Å². The highest BCUT2D eigenvalue weighted by molar-refractivity contribution is 7.92. The molecule has 2 N–H and O–H groups in total. The predicted octanol–water partition coefficient (Wildman–Crippen LogP) is 5.82. The van der Waals surface area contributed by atoms with Crippen LogP contribution in [-0.2, 0) is 14.8 Å². The molecule has 0 bridgehead atoms. The summed E-state index contributed by atoms with van der Waals surface area (Å²) in [6.07, 6.45) is 4.45. The highest BCUT2D eigenvalue weighted by atomic mass is 35.5. The third-order valence-corrected chi connectivity index (χ3v) is 7.53. The van der Waals surface area contributed by atoms with Crippen molar-refractivity contribution in [1.82, 2.24) is 5.32 Å². The Labute approximate surface area is 216 Å². The summed E-state index contributed by atoms with van der Waals surface area (Å²) < 4.78 is 38.2. The minimum absolute atomic E-state index is 0.122. The van der Waals surface area contributed by atoms with Gasteiger partial charge in [-0.05, 0) is 70.4 Å². The van der Waals surface area contributed by atoms with Gasteiger partial charge in [0, 0.05) is 28.3 Å². The van der Waals surface area contributed by atoms with E-state index < -0.39 is 15.9 Å². The van der Waals surface area contributed by atoms with E-state index in [1.807, 2.05) is 13.8 Å². The molecule has 1 heterocycles. The van der Waals surface area contributed by atoms with E-state index in [2.05, 4.69) is 10.0 Å². The molecule has 1 amide bonds. The summed E-state index contributed by atoms with van der Waals surface area (Å²) >= 11 is 12.7. The van der Waals surface area contributed by atoms with Crippen molar-refractivity contribution in [3.8, 4) is 11.5 Å². The Morgan fingerprint density at radius 3 is 2.49 bits per heavy atom. The number of hydrogen-bond donors (Lipinski definition) is 2. The molecule has 35 heavy (non-hydrogen) atoms. The molecule has 190 valence electrons. The van der Waals surface area contributed by atoms with Crippen LogP contribution in [0.3, 0.4) is 0 Å². The molecule has 1 aliphatic carbocycles. The molecule has 2 atom stereocenters. The van der Waals surface area contributed by atoms with E-state index in [4.69, 9.17) is 32.7 Å². The van der Waals surface area contributed by atoms with E-state index in [9.17, 15) is 13.2 Å². The molecular weight excluding hydrogens is 511 g/mol. The van der Waals surface area contributed by atoms with Crippen LogP contribution in [0.1, 0.15) is 69.5 Å². The average molecular weight is 541 g/mol. The van der Waals surface area contributed by atoms with Crippen LogP contribution in [0, 0.1) is 0 Å². The van der Waals surface area contributed by atoms with E-state index >= 15 is 0 Å². The maximum Gasteiger partial charge on any atom is 0.229 e. The van der Waals surface area contributed by atoms with Crippen molar-refractivity contribution >= 4 is 44.8 Å². The number of fused-ring (bicyclic) bond motifs is 1. The number of rotatable bonds is 7. The van der Waals surface area contributed by atoms with Crippen molar-refractivity contribution in [3.63, 3.8) is 0 Å². The summed E-state index contributed by atoms with van der Waals surface area (Å²) in [5.74, 6) is 0.251. The lowest BCUT2D eigenvalue weighted by atomic mass is 9.73. The number of nitrogens with one attached hydrogen (secondary N) is 2. The van der Waals surface area contributed by atoms with Gasteiger partial charge in [0.15, 0.2) is 0 Å². The van der Waals surface area contributed by atoms with Crippen molar-refractivity contribution in [1.29, 1.82) is 0 Å². The van der Waals surface area contributed by atoms with Crippen molar-refractivity contribution in [2.75, 3.05) is 11.0 Å². The first kappa shape index (κ1) is 25.9. The standard InChI is InChI=1S/C25H30Cl2N2O5S/c1-14(2)33-22-7-6-17(29-35(4,31)32)12-18(22)15(3)24(30)28-21-13-25(8-5-9-25)34-23-19(21)10-16(26)11-20(23)27/h6-7,10-12,14-15,21,29H,5,8-9,13H2,1-4H3,(H,28,30). The lowest BCUT2D eigenvalue weighted by Crippen LogP contribution is -2.50. The van der Waals surface area contributed by atoms with E-state index in [0.717, 1.165) is 31.1 Å². The maximum atomic E-state index is 13.5. The molecule has 4 rings (SSSR count). The molecule has 0 aromatic heterocycles. The van der Waals surface area contributed by atoms with Crippen LogP contribution in [0.5, 0.6) is 11.5 Å². The van der Waals surface area contributed by atoms with Gasteiger partial charge in [0.2, 0.25) is 15.9 Å². The highest BCUT2D eigenvalue weighted by Crippen LogP contribution is 2.51. The van der Waals surface area contributed by atoms with Crippen LogP contribution in [0.15, 0.2) is 30.3 Å². The molecule has 2 aromatic rings. The Morgan fingerprint density at radius 1 is 1.17 bits per heavy atom. The van der Waals surface area contributed by atoms with E-state index in [1.54, 1.807) is 37.3 Å². The monoisotopic (exact) mass is 540 g/mol. The SMILES string of the molecule is CC(C)Oc1ccc(NS(C)(=O)=O)cc1C(C)C(=O)NC1CC2(CCC2)Oc2c(Cl)cc(Cl)cc21. The van der Waals surface area contributed by atoms with E-state index in [-0.39, 0.29) is 23.7 Å². The number of sulfonamides is 1. The molecular formula is C25H30Cl2N2O5S. The van der Waals surface area contributed by atoms with Crippen LogP contribution in [0.2, 0.25) is 10.0 Å². The Hall–Kier alpha value is -2.16. The first-order chi connectivity index (χ1) is 16.4. The molecule has 10 heteroatoms. The second-order valence-corrected chi connectivity index (χ2v) is 12.3. The molecule has 1 fully saturated rings. The minimum Gasteiger partial charge on any atom is -0.491 e. The maximum absolute atomic E-state index is 13.5. The fourth-order valence-corrected chi connectivity index (χ4v) is 5.76. The zero-order chi connectivity index (χ0) is 25.5. The zero-order valence-electron chi connectivity index (χ0n) is 20.2. The first-order valence-corrected chi connectivity index (χ1v) is 14.3. The smallest absolute Gasteiger partial charge is 0.229 e. The Morgan fingerprint density at radius 2 is 1.89 bits per heavy atom. The number of hydrogen-bond acceptors (Lipinski definition) is 5. The summed E-state index contributed by atoms with van der Waals surface area (Å²) in [4.78, 5) is 13.5. The summed E-state index contributed by atoms with van der Waals surface area (Å²) in [7, 11) is -3.48. The minimum atomic E-state index is -3.48. The second-order valence-electron chi connectivity index (χ2n) is 9.73. The van der Waals surface area contributed by atoms with Crippen LogP contribution in [0.4, 0.5) is 5.69 Å². The average Bonchev–Trinajstić information content (AvgIpc) is 2.72. The van der Waals surface area contributed by atoms with Gasteiger partial charge >= 0.3 is 0 Å². The van der Waals surface area contributed by atoms with Crippen LogP contribution < -0.4 is 19.5 Å². The van der Waals surface area contributed by atoms with Gasteiger partial charge in [0.1, 0.15) is 17.1 Å². The lowest BCUT2D eigenvalue weighted by molar-refractivity contribution is -0.124. The van der Waals surface area contributed by atoms with Crippen LogP contribution >= 0.6 is 23.2 Å². The molecule has 2 unspecified atom stereocenters. The van der Waals surface area contributed by atoms with E-state index in [0.29, 0.717) is 39.2 Å². The number of carbonyl (C=O) groups is 1. The highest BCUT2D eigenvalue weighted by Gasteiger charge is 2.47. The Bertz CT molecular complexity index is 1240. The molecule has 0 saturated heterocycles. The molecule has 2 aromatic carbocycles. The molecule has 0 radical (unpaired) electrons. The van der Waals surface area contributed by atoms with Crippen molar-refractivity contribution in [3.05, 3.63) is 51.5 Å². The summed E-state index contributed by atoms with van der Waals surface area (Å²) in [6, 6.07) is 8.05. The fraction of sp³-hybridized carbons (Fsp3) is 0.480. The molecule has 1 aliphatic heterocycles. The van der Waals surface area contributed by atoms with Crippen molar-refractivity contribution in [2.24, 2.45) is 0 Å². The Balaban J connectivity index is 1.64. The van der Waals surface area contributed by atoms with Gasteiger partial charge in [0.05, 0.1) is 29.3 Å². The van der Waals surface area contributed by atoms with Gasteiger partial charge in [-0.1, -0.05) is 23.2 Å². The van der Waals surface area contributed by atoms with Crippen molar-refractivity contribution in [2.45, 2.75) is 70.1 Å². The topological polar surface area (TPSA) is 93.7 Å². The van der Waals surface area contributed by atoms with Gasteiger partial charge in [-0.15, -0.1) is 0 Å². The number of carbonyl (C=O) groups excluding carboxylic acids is 1. The number of benzene rings is 2. The first-order valence-electron chi connectivity index (χ1n) is 11.6. The normalized spacial score (nSPS) is 19.3. The number of anilines is 1. The fourth-order valence-electron chi connectivity index (χ4n) is 4.66. The van der Waals surface area contributed by atoms with Gasteiger partial charge in [-0.2, -0.15) is 0 Å². The van der Waals surface area contributed by atoms with Crippen LogP contribution in [0.25, 0.3) is 0 Å². The summed E-state index contributed by atoms with van der Waals surface area (Å²) in [6.45, 7) is 5.55. The largest absolute Gasteiger partial charge is 0.491 e. The third kappa shape index (κ3) is 5.81. The third-order valence-electron chi connectivity index (χ3n) is 6.42. The number of ether oxygens (including phenoxy) is 2. The number of halogens is 2. The van der Waals surface area contributed by atoms with Gasteiger partial charge in [0.25, 0.3) is 0 Å². The van der Waals surface area contributed by atoms with Gasteiger partial charge in [-0.25, -0.2) is 8.42 Å². The Kier molecular flexibility index (Phi) is 7.19. The van der Waals surface area contributed by atoms with Crippen molar-refractivity contribution < 1.29 is 22.7 Å². The second kappa shape index (κ2) is 9.71. The summed E-state index contributed by atoms with van der Waals surface area (Å²) in [5.41, 5.74) is 1.37. The van der Waals surface area contributed by atoms with E-state index in [1.165, 1.54) is 0 Å².